The van der Waals surface area contributed by atoms with Crippen LogP contribution < -0.4 is 14.8 Å². The fourth-order valence-electron chi connectivity index (χ4n) is 3.92. The van der Waals surface area contributed by atoms with Crippen molar-refractivity contribution >= 4 is 45.6 Å². The number of benzene rings is 2. The van der Waals surface area contributed by atoms with E-state index >= 15 is 0 Å². The number of hydrogen-bond acceptors (Lipinski definition) is 7. The van der Waals surface area contributed by atoms with Crippen LogP contribution in [0, 0.1) is 0 Å². The highest BCUT2D eigenvalue weighted by molar-refractivity contribution is 6.42. The summed E-state index contributed by atoms with van der Waals surface area (Å²) in [5.41, 5.74) is 1.50. The van der Waals surface area contributed by atoms with Crippen LogP contribution >= 0.6 is 23.2 Å². The first-order valence-corrected chi connectivity index (χ1v) is 11.8. The van der Waals surface area contributed by atoms with E-state index in [1.165, 1.54) is 6.33 Å². The van der Waals surface area contributed by atoms with Gasteiger partial charge in [0.05, 0.1) is 22.7 Å². The Morgan fingerprint density at radius 3 is 2.82 bits per heavy atom. The van der Waals surface area contributed by atoms with Crippen molar-refractivity contribution in [3.8, 4) is 11.5 Å². The van der Waals surface area contributed by atoms with Gasteiger partial charge in [-0.25, -0.2) is 9.97 Å². The van der Waals surface area contributed by atoms with E-state index in [2.05, 4.69) is 27.1 Å². The molecule has 176 valence electrons. The third-order valence-electron chi connectivity index (χ3n) is 5.50. The largest absolute Gasteiger partial charge is 0.493 e. The van der Waals surface area contributed by atoms with Gasteiger partial charge in [-0.05, 0) is 43.7 Å². The van der Waals surface area contributed by atoms with Crippen LogP contribution in [0.1, 0.15) is 19.8 Å². The predicted octanol–water partition coefficient (Wildman–Crippen LogP) is 5.57. The van der Waals surface area contributed by atoms with Crippen molar-refractivity contribution in [3.05, 3.63) is 46.7 Å². The highest BCUT2D eigenvalue weighted by atomic mass is 35.5. The van der Waals surface area contributed by atoms with Gasteiger partial charge in [-0.15, -0.1) is 0 Å². The van der Waals surface area contributed by atoms with E-state index in [1.807, 2.05) is 18.2 Å². The molecular weight excluding hydrogens is 463 g/mol. The molecule has 4 rings (SSSR count). The number of rotatable bonds is 8. The molecule has 1 aliphatic heterocycles. The SMILES string of the molecule is CCCN1CCCOC(COc2cc3ncnc(Nc4ccc(Cl)c(Cl)c4)c3cc2OC)C1. The van der Waals surface area contributed by atoms with Crippen LogP contribution in [0.2, 0.25) is 10.0 Å². The van der Waals surface area contributed by atoms with Crippen molar-refractivity contribution in [3.63, 3.8) is 0 Å². The molecule has 0 radical (unpaired) electrons. The second kappa shape index (κ2) is 11.2. The van der Waals surface area contributed by atoms with Crippen LogP contribution in [0.25, 0.3) is 10.9 Å². The van der Waals surface area contributed by atoms with Crippen molar-refractivity contribution in [2.45, 2.75) is 25.9 Å². The minimum Gasteiger partial charge on any atom is -0.493 e. The molecule has 2 heterocycles. The number of fused-ring (bicyclic) bond motifs is 1. The Balaban J connectivity index is 1.54. The zero-order chi connectivity index (χ0) is 23.2. The summed E-state index contributed by atoms with van der Waals surface area (Å²) in [4.78, 5) is 11.3. The summed E-state index contributed by atoms with van der Waals surface area (Å²) in [5.74, 6) is 1.86. The third-order valence-corrected chi connectivity index (χ3v) is 6.24. The summed E-state index contributed by atoms with van der Waals surface area (Å²) in [7, 11) is 1.62. The average molecular weight is 491 g/mol. The maximum absolute atomic E-state index is 6.16. The molecular formula is C24H28Cl2N4O3. The molecule has 1 aliphatic rings. The molecule has 33 heavy (non-hydrogen) atoms. The minimum atomic E-state index is 0.0109. The van der Waals surface area contributed by atoms with Crippen LogP contribution in [0.4, 0.5) is 11.5 Å². The Morgan fingerprint density at radius 2 is 2.03 bits per heavy atom. The van der Waals surface area contributed by atoms with Crippen molar-refractivity contribution in [1.82, 2.24) is 14.9 Å². The second-order valence-corrected chi connectivity index (χ2v) is 8.77. The number of hydrogen-bond donors (Lipinski definition) is 1. The van der Waals surface area contributed by atoms with Gasteiger partial charge >= 0.3 is 0 Å². The molecule has 1 fully saturated rings. The first-order chi connectivity index (χ1) is 16.1. The third kappa shape index (κ3) is 5.98. The molecule has 1 unspecified atom stereocenters. The van der Waals surface area contributed by atoms with Gasteiger partial charge in [0, 0.05) is 36.8 Å². The smallest absolute Gasteiger partial charge is 0.163 e. The van der Waals surface area contributed by atoms with Crippen molar-refractivity contribution in [2.75, 3.05) is 45.3 Å². The van der Waals surface area contributed by atoms with E-state index in [0.29, 0.717) is 34.0 Å². The van der Waals surface area contributed by atoms with E-state index in [9.17, 15) is 0 Å². The molecule has 1 N–H and O–H groups in total. The number of anilines is 2. The van der Waals surface area contributed by atoms with Crippen LogP contribution in [0.15, 0.2) is 36.7 Å². The lowest BCUT2D eigenvalue weighted by molar-refractivity contribution is 0.0204. The quantitative estimate of drug-likeness (QED) is 0.442. The number of nitrogens with one attached hydrogen (secondary N) is 1. The lowest BCUT2D eigenvalue weighted by Gasteiger charge is -2.23. The van der Waals surface area contributed by atoms with Crippen molar-refractivity contribution in [1.29, 1.82) is 0 Å². The van der Waals surface area contributed by atoms with E-state index in [0.717, 1.165) is 55.7 Å². The summed E-state index contributed by atoms with van der Waals surface area (Å²) >= 11 is 12.2. The van der Waals surface area contributed by atoms with E-state index < -0.39 is 0 Å². The number of aromatic nitrogens is 2. The highest BCUT2D eigenvalue weighted by Gasteiger charge is 2.20. The highest BCUT2D eigenvalue weighted by Crippen LogP contribution is 2.35. The molecule has 1 saturated heterocycles. The maximum atomic E-state index is 6.16. The Kier molecular flexibility index (Phi) is 8.09. The Bertz CT molecular complexity index is 1100. The Hall–Kier alpha value is -2.32. The first kappa shape index (κ1) is 23.8. The predicted molar refractivity (Wildman–Crippen MR) is 132 cm³/mol. The summed E-state index contributed by atoms with van der Waals surface area (Å²) < 4.78 is 17.8. The number of nitrogens with zero attached hydrogens (tertiary/aromatic N) is 3. The number of ether oxygens (including phenoxy) is 3. The maximum Gasteiger partial charge on any atom is 0.163 e. The monoisotopic (exact) mass is 490 g/mol. The normalized spacial score (nSPS) is 17.0. The van der Waals surface area contributed by atoms with Gasteiger partial charge < -0.3 is 24.4 Å². The number of methoxy groups -OCH3 is 1. The van der Waals surface area contributed by atoms with Gasteiger partial charge in [-0.1, -0.05) is 30.1 Å². The molecule has 7 nitrogen and oxygen atoms in total. The van der Waals surface area contributed by atoms with Gasteiger partial charge in [0.2, 0.25) is 0 Å². The standard InChI is InChI=1S/C24H28Cl2N4O3/c1-3-7-30-8-4-9-32-17(13-30)14-33-23-12-21-18(11-22(23)31-2)24(28-15-27-21)29-16-5-6-19(25)20(26)10-16/h5-6,10-12,15,17H,3-4,7-9,13-14H2,1-2H3,(H,27,28,29). The Labute approximate surface area is 204 Å². The lowest BCUT2D eigenvalue weighted by Crippen LogP contribution is -2.35. The van der Waals surface area contributed by atoms with E-state index in [-0.39, 0.29) is 6.10 Å². The molecule has 0 aliphatic carbocycles. The first-order valence-electron chi connectivity index (χ1n) is 11.1. The summed E-state index contributed by atoms with van der Waals surface area (Å²) in [6.45, 7) is 6.40. The van der Waals surface area contributed by atoms with Crippen molar-refractivity contribution < 1.29 is 14.2 Å². The van der Waals surface area contributed by atoms with E-state index in [1.54, 1.807) is 19.2 Å². The van der Waals surface area contributed by atoms with Gasteiger partial charge in [0.25, 0.3) is 0 Å². The van der Waals surface area contributed by atoms with Crippen LogP contribution in [0.5, 0.6) is 11.5 Å². The molecule has 2 aromatic carbocycles. The molecule has 1 aromatic heterocycles. The minimum absolute atomic E-state index is 0.0109. The van der Waals surface area contributed by atoms with Gasteiger partial charge in [-0.3, -0.25) is 0 Å². The summed E-state index contributed by atoms with van der Waals surface area (Å²) in [6.07, 6.45) is 3.69. The van der Waals surface area contributed by atoms with Crippen LogP contribution in [-0.2, 0) is 4.74 Å². The summed E-state index contributed by atoms with van der Waals surface area (Å²) in [6, 6.07) is 9.07. The van der Waals surface area contributed by atoms with Gasteiger partial charge in [0.1, 0.15) is 24.9 Å². The molecule has 9 heteroatoms. The molecule has 0 bridgehead atoms. The number of halogens is 2. The van der Waals surface area contributed by atoms with Crippen molar-refractivity contribution in [2.24, 2.45) is 0 Å². The molecule has 0 saturated carbocycles. The topological polar surface area (TPSA) is 68.7 Å². The van der Waals surface area contributed by atoms with Gasteiger partial charge in [0.15, 0.2) is 11.5 Å². The fraction of sp³-hybridized carbons (Fsp3) is 0.417. The zero-order valence-corrected chi connectivity index (χ0v) is 20.3. The Morgan fingerprint density at radius 1 is 1.15 bits per heavy atom. The zero-order valence-electron chi connectivity index (χ0n) is 18.8. The molecule has 0 spiro atoms. The van der Waals surface area contributed by atoms with E-state index in [4.69, 9.17) is 37.4 Å². The molecule has 3 aromatic rings. The van der Waals surface area contributed by atoms with Gasteiger partial charge in [-0.2, -0.15) is 0 Å². The average Bonchev–Trinajstić information content (AvgIpc) is 3.05. The fourth-order valence-corrected chi connectivity index (χ4v) is 4.22. The molecule has 1 atom stereocenters. The lowest BCUT2D eigenvalue weighted by atomic mass is 10.2. The second-order valence-electron chi connectivity index (χ2n) is 7.95. The van der Waals surface area contributed by atoms with Crippen LogP contribution in [-0.4, -0.2) is 60.9 Å². The molecule has 0 amide bonds. The van der Waals surface area contributed by atoms with Crippen LogP contribution in [0.3, 0.4) is 0 Å². The summed E-state index contributed by atoms with van der Waals surface area (Å²) in [5, 5.41) is 5.03.